The SMILES string of the molecule is CC(C)(C)OC=O.O=C(c1ccc2ccccc2c1)[C@@H]1CCCN1. The second-order valence-corrected chi connectivity index (χ2v) is 6.90. The quantitative estimate of drug-likeness (QED) is 0.689. The van der Waals surface area contributed by atoms with E-state index in [1.807, 2.05) is 57.2 Å². The third-order valence-electron chi connectivity index (χ3n) is 3.81. The Hall–Kier alpha value is -2.20. The van der Waals surface area contributed by atoms with Gasteiger partial charge in [-0.05, 0) is 57.0 Å². The molecule has 1 saturated heterocycles. The highest BCUT2D eigenvalue weighted by Crippen LogP contribution is 2.18. The normalized spacial score (nSPS) is 17.0. The average Bonchev–Trinajstić information content (AvgIpc) is 3.07. The molecular formula is C20H25NO3. The number of ketones is 1. The maximum absolute atomic E-state index is 12.2. The molecule has 0 saturated carbocycles. The van der Waals surface area contributed by atoms with Gasteiger partial charge in [0.25, 0.3) is 6.47 Å². The Morgan fingerprint density at radius 3 is 2.42 bits per heavy atom. The summed E-state index contributed by atoms with van der Waals surface area (Å²) in [6.45, 7) is 6.88. The lowest BCUT2D eigenvalue weighted by Gasteiger charge is -2.14. The molecule has 4 nitrogen and oxygen atoms in total. The molecule has 2 aromatic carbocycles. The van der Waals surface area contributed by atoms with E-state index in [1.54, 1.807) is 0 Å². The predicted octanol–water partition coefficient (Wildman–Crippen LogP) is 3.73. The third kappa shape index (κ3) is 5.17. The molecule has 1 N–H and O–H groups in total. The summed E-state index contributed by atoms with van der Waals surface area (Å²) in [4.78, 5) is 21.8. The molecule has 0 unspecified atom stereocenters. The Morgan fingerprint density at radius 2 is 1.88 bits per heavy atom. The van der Waals surface area contributed by atoms with E-state index in [-0.39, 0.29) is 17.4 Å². The summed E-state index contributed by atoms with van der Waals surface area (Å²) in [5, 5.41) is 5.57. The molecule has 0 radical (unpaired) electrons. The highest BCUT2D eigenvalue weighted by molar-refractivity contribution is 6.03. The van der Waals surface area contributed by atoms with E-state index < -0.39 is 0 Å². The molecule has 2 aromatic rings. The number of carbonyl (C=O) groups is 2. The fraction of sp³-hybridized carbons (Fsp3) is 0.400. The lowest BCUT2D eigenvalue weighted by molar-refractivity contribution is -0.138. The molecular weight excluding hydrogens is 302 g/mol. The molecule has 1 fully saturated rings. The van der Waals surface area contributed by atoms with Gasteiger partial charge in [0.15, 0.2) is 5.78 Å². The molecule has 4 heteroatoms. The second kappa shape index (κ2) is 8.06. The first-order chi connectivity index (χ1) is 11.4. The Labute approximate surface area is 143 Å². The van der Waals surface area contributed by atoms with Gasteiger partial charge in [-0.15, -0.1) is 0 Å². The van der Waals surface area contributed by atoms with Crippen LogP contribution in [-0.4, -0.2) is 30.4 Å². The lowest BCUT2D eigenvalue weighted by atomic mass is 10.00. The Kier molecular flexibility index (Phi) is 6.10. The molecule has 128 valence electrons. The molecule has 1 aliphatic rings. The lowest BCUT2D eigenvalue weighted by Crippen LogP contribution is -2.30. The number of benzene rings is 2. The van der Waals surface area contributed by atoms with E-state index in [1.165, 1.54) is 5.39 Å². The fourth-order valence-electron chi connectivity index (χ4n) is 2.60. The zero-order valence-corrected chi connectivity index (χ0v) is 14.5. The van der Waals surface area contributed by atoms with Crippen LogP contribution >= 0.6 is 0 Å². The minimum Gasteiger partial charge on any atom is -0.462 e. The van der Waals surface area contributed by atoms with Crippen LogP contribution in [0.25, 0.3) is 10.8 Å². The van der Waals surface area contributed by atoms with Crippen molar-refractivity contribution in [3.8, 4) is 0 Å². The number of nitrogens with one attached hydrogen (secondary N) is 1. The smallest absolute Gasteiger partial charge is 0.293 e. The van der Waals surface area contributed by atoms with E-state index in [0.29, 0.717) is 6.47 Å². The van der Waals surface area contributed by atoms with Crippen LogP contribution in [-0.2, 0) is 9.53 Å². The summed E-state index contributed by atoms with van der Waals surface area (Å²) in [6, 6.07) is 14.1. The van der Waals surface area contributed by atoms with Crippen LogP contribution in [0.3, 0.4) is 0 Å². The third-order valence-corrected chi connectivity index (χ3v) is 3.81. The van der Waals surface area contributed by atoms with Gasteiger partial charge in [0, 0.05) is 5.56 Å². The van der Waals surface area contributed by atoms with Crippen molar-refractivity contribution in [3.63, 3.8) is 0 Å². The van der Waals surface area contributed by atoms with Gasteiger partial charge >= 0.3 is 0 Å². The van der Waals surface area contributed by atoms with E-state index in [0.717, 1.165) is 30.3 Å². The van der Waals surface area contributed by atoms with Crippen LogP contribution < -0.4 is 5.32 Å². The first-order valence-electron chi connectivity index (χ1n) is 8.28. The number of hydrogen-bond acceptors (Lipinski definition) is 4. The zero-order valence-electron chi connectivity index (χ0n) is 14.5. The molecule has 0 bridgehead atoms. The van der Waals surface area contributed by atoms with Crippen LogP contribution in [0, 0.1) is 0 Å². The van der Waals surface area contributed by atoms with E-state index in [9.17, 15) is 9.59 Å². The summed E-state index contributed by atoms with van der Waals surface area (Å²) in [7, 11) is 0. The average molecular weight is 327 g/mol. The van der Waals surface area contributed by atoms with Gasteiger partial charge in [-0.25, -0.2) is 0 Å². The van der Waals surface area contributed by atoms with Gasteiger partial charge in [-0.1, -0.05) is 36.4 Å². The molecule has 1 aliphatic heterocycles. The van der Waals surface area contributed by atoms with E-state index >= 15 is 0 Å². The van der Waals surface area contributed by atoms with Crippen molar-refractivity contribution < 1.29 is 14.3 Å². The number of Topliss-reactive ketones (excluding diaryl/α,β-unsaturated/α-hetero) is 1. The Balaban J connectivity index is 0.000000256. The van der Waals surface area contributed by atoms with Gasteiger partial charge in [0.2, 0.25) is 0 Å². The maximum Gasteiger partial charge on any atom is 0.293 e. The van der Waals surface area contributed by atoms with Crippen molar-refractivity contribution >= 4 is 23.0 Å². The van der Waals surface area contributed by atoms with E-state index in [4.69, 9.17) is 0 Å². The summed E-state index contributed by atoms with van der Waals surface area (Å²) >= 11 is 0. The highest BCUT2D eigenvalue weighted by atomic mass is 16.5. The van der Waals surface area contributed by atoms with Gasteiger partial charge in [-0.3, -0.25) is 9.59 Å². The number of hydrogen-bond donors (Lipinski definition) is 1. The molecule has 1 atom stereocenters. The second-order valence-electron chi connectivity index (χ2n) is 6.90. The molecule has 0 spiro atoms. The maximum atomic E-state index is 12.2. The molecule has 0 aliphatic carbocycles. The van der Waals surface area contributed by atoms with Crippen molar-refractivity contribution in [1.29, 1.82) is 0 Å². The van der Waals surface area contributed by atoms with Crippen molar-refractivity contribution in [3.05, 3.63) is 48.0 Å². The van der Waals surface area contributed by atoms with Gasteiger partial charge in [-0.2, -0.15) is 0 Å². The first kappa shape index (κ1) is 18.1. The molecule has 1 heterocycles. The van der Waals surface area contributed by atoms with Crippen LogP contribution in [0.5, 0.6) is 0 Å². The molecule has 0 amide bonds. The van der Waals surface area contributed by atoms with Crippen LogP contribution in [0.15, 0.2) is 42.5 Å². The summed E-state index contributed by atoms with van der Waals surface area (Å²) in [5.41, 5.74) is 0.505. The van der Waals surface area contributed by atoms with Crippen molar-refractivity contribution in [2.45, 2.75) is 45.3 Å². The number of fused-ring (bicyclic) bond motifs is 1. The topological polar surface area (TPSA) is 55.4 Å². The predicted molar refractivity (Wildman–Crippen MR) is 96.2 cm³/mol. The van der Waals surface area contributed by atoms with Crippen LogP contribution in [0.1, 0.15) is 44.0 Å². The van der Waals surface area contributed by atoms with Crippen molar-refractivity contribution in [2.75, 3.05) is 6.54 Å². The van der Waals surface area contributed by atoms with Crippen LogP contribution in [0.4, 0.5) is 0 Å². The minimum absolute atomic E-state index is 0.0242. The van der Waals surface area contributed by atoms with Gasteiger partial charge in [0.05, 0.1) is 6.04 Å². The van der Waals surface area contributed by atoms with Gasteiger partial charge in [0.1, 0.15) is 5.60 Å². The summed E-state index contributed by atoms with van der Waals surface area (Å²) in [6.07, 6.45) is 2.07. The highest BCUT2D eigenvalue weighted by Gasteiger charge is 2.23. The Morgan fingerprint density at radius 1 is 1.17 bits per heavy atom. The number of carbonyl (C=O) groups excluding carboxylic acids is 2. The standard InChI is InChI=1S/C15H15NO.C5H10O2/c17-15(14-6-3-9-16-14)13-8-7-11-4-1-2-5-12(11)10-13;1-5(2,3)7-4-6/h1-2,4-5,7-8,10,14,16H,3,6,9H2;4H,1-3H3/t14-;/m0./s1. The van der Waals surface area contributed by atoms with E-state index in [2.05, 4.69) is 16.1 Å². The number of ether oxygens (including phenoxy) is 1. The number of rotatable bonds is 3. The van der Waals surface area contributed by atoms with Crippen molar-refractivity contribution in [1.82, 2.24) is 5.32 Å². The van der Waals surface area contributed by atoms with Crippen molar-refractivity contribution in [2.24, 2.45) is 0 Å². The first-order valence-corrected chi connectivity index (χ1v) is 8.28. The summed E-state index contributed by atoms with van der Waals surface area (Å²) < 4.78 is 4.55. The largest absolute Gasteiger partial charge is 0.462 e. The molecule has 0 aromatic heterocycles. The fourth-order valence-corrected chi connectivity index (χ4v) is 2.60. The zero-order chi connectivity index (χ0) is 17.6. The Bertz CT molecular complexity index is 697. The molecule has 24 heavy (non-hydrogen) atoms. The summed E-state index contributed by atoms with van der Waals surface area (Å²) in [5.74, 6) is 0.230. The van der Waals surface area contributed by atoms with Gasteiger partial charge < -0.3 is 10.1 Å². The molecule has 3 rings (SSSR count). The minimum atomic E-state index is -0.318. The van der Waals surface area contributed by atoms with Crippen LogP contribution in [0.2, 0.25) is 0 Å². The monoisotopic (exact) mass is 327 g/mol.